The second-order valence-electron chi connectivity index (χ2n) is 10.3. The van der Waals surface area contributed by atoms with E-state index in [-0.39, 0.29) is 17.6 Å². The van der Waals surface area contributed by atoms with E-state index in [0.29, 0.717) is 49.6 Å². The Morgan fingerprint density at radius 3 is 2.31 bits per heavy atom. The van der Waals surface area contributed by atoms with E-state index in [2.05, 4.69) is 19.8 Å². The predicted octanol–water partition coefficient (Wildman–Crippen LogP) is 3.51. The van der Waals surface area contributed by atoms with Crippen LogP contribution < -0.4 is 4.90 Å². The summed E-state index contributed by atoms with van der Waals surface area (Å²) < 4.78 is 0. The fourth-order valence-corrected chi connectivity index (χ4v) is 4.84. The zero-order valence-electron chi connectivity index (χ0n) is 21.9. The van der Waals surface area contributed by atoms with Crippen LogP contribution in [0.5, 0.6) is 0 Å². The number of halogens is 1. The normalized spacial score (nSPS) is 14.3. The molecule has 2 aromatic rings. The van der Waals surface area contributed by atoms with Crippen molar-refractivity contribution in [3.8, 4) is 0 Å². The van der Waals surface area contributed by atoms with Crippen molar-refractivity contribution in [3.05, 3.63) is 47.1 Å². The first kappa shape index (κ1) is 28.2. The number of hydrogen-bond donors (Lipinski definition) is 0. The SMILES string of the molecule is CN(C)CCN(Cc1ccccc1)C(=O)CSc1nc(Cl)cc(N2CCN(C(=O)C(C)(C)C)CC2)n1. The van der Waals surface area contributed by atoms with E-state index in [9.17, 15) is 9.59 Å². The minimum absolute atomic E-state index is 0.0325. The molecule has 196 valence electrons. The monoisotopic (exact) mass is 532 g/mol. The highest BCUT2D eigenvalue weighted by molar-refractivity contribution is 7.99. The lowest BCUT2D eigenvalue weighted by molar-refractivity contribution is -0.139. The molecule has 0 N–H and O–H groups in total. The van der Waals surface area contributed by atoms with Crippen LogP contribution in [0.15, 0.2) is 41.6 Å². The highest BCUT2D eigenvalue weighted by Crippen LogP contribution is 2.25. The van der Waals surface area contributed by atoms with Gasteiger partial charge in [0.15, 0.2) is 5.16 Å². The summed E-state index contributed by atoms with van der Waals surface area (Å²) in [6.45, 7) is 10.4. The van der Waals surface area contributed by atoms with E-state index in [1.165, 1.54) is 11.8 Å². The average molecular weight is 533 g/mol. The summed E-state index contributed by atoms with van der Waals surface area (Å²) in [6.07, 6.45) is 0. The molecule has 1 fully saturated rings. The molecule has 0 saturated carbocycles. The van der Waals surface area contributed by atoms with Gasteiger partial charge in [-0.1, -0.05) is 74.5 Å². The number of thioether (sulfide) groups is 1. The molecule has 0 unspecified atom stereocenters. The van der Waals surface area contributed by atoms with E-state index in [4.69, 9.17) is 11.6 Å². The van der Waals surface area contributed by atoms with Gasteiger partial charge in [0.25, 0.3) is 0 Å². The summed E-state index contributed by atoms with van der Waals surface area (Å²) in [6, 6.07) is 11.8. The molecule has 1 aromatic carbocycles. The Hall–Kier alpha value is -2.36. The molecule has 1 aliphatic heterocycles. The molecule has 0 radical (unpaired) electrons. The van der Waals surface area contributed by atoms with Crippen molar-refractivity contribution in [2.24, 2.45) is 5.41 Å². The lowest BCUT2D eigenvalue weighted by Gasteiger charge is -2.38. The zero-order chi connectivity index (χ0) is 26.3. The van der Waals surface area contributed by atoms with Crippen LogP contribution >= 0.6 is 23.4 Å². The van der Waals surface area contributed by atoms with Crippen molar-refractivity contribution in [2.45, 2.75) is 32.5 Å². The third kappa shape index (κ3) is 8.35. The molecule has 0 bridgehead atoms. The fraction of sp³-hybridized carbons (Fsp3) is 0.538. The van der Waals surface area contributed by atoms with Gasteiger partial charge in [-0.2, -0.15) is 0 Å². The summed E-state index contributed by atoms with van der Waals surface area (Å²) in [5, 5.41) is 0.822. The average Bonchev–Trinajstić information content (AvgIpc) is 2.84. The van der Waals surface area contributed by atoms with Crippen LogP contribution in [0.2, 0.25) is 5.15 Å². The molecule has 2 heterocycles. The summed E-state index contributed by atoms with van der Waals surface area (Å²) >= 11 is 7.62. The highest BCUT2D eigenvalue weighted by atomic mass is 35.5. The first-order valence-electron chi connectivity index (χ1n) is 12.2. The topological polar surface area (TPSA) is 72.9 Å². The molecule has 1 aromatic heterocycles. The van der Waals surface area contributed by atoms with Crippen molar-refractivity contribution in [1.82, 2.24) is 24.7 Å². The second-order valence-corrected chi connectivity index (χ2v) is 11.6. The predicted molar refractivity (Wildman–Crippen MR) is 146 cm³/mol. The summed E-state index contributed by atoms with van der Waals surface area (Å²) in [4.78, 5) is 42.7. The van der Waals surface area contributed by atoms with Crippen LogP contribution in [0.25, 0.3) is 0 Å². The number of aromatic nitrogens is 2. The van der Waals surface area contributed by atoms with Gasteiger partial charge in [-0.3, -0.25) is 9.59 Å². The Morgan fingerprint density at radius 1 is 1.03 bits per heavy atom. The highest BCUT2D eigenvalue weighted by Gasteiger charge is 2.30. The lowest BCUT2D eigenvalue weighted by atomic mass is 9.94. The van der Waals surface area contributed by atoms with Gasteiger partial charge in [-0.25, -0.2) is 9.97 Å². The maximum Gasteiger partial charge on any atom is 0.233 e. The molecule has 10 heteroatoms. The van der Waals surface area contributed by atoms with Gasteiger partial charge < -0.3 is 19.6 Å². The van der Waals surface area contributed by atoms with Crippen molar-refractivity contribution >= 4 is 41.0 Å². The van der Waals surface area contributed by atoms with Crippen LogP contribution in [0, 0.1) is 5.41 Å². The van der Waals surface area contributed by atoms with Crippen LogP contribution in [0.1, 0.15) is 26.3 Å². The number of carbonyl (C=O) groups is 2. The van der Waals surface area contributed by atoms with Crippen molar-refractivity contribution < 1.29 is 9.59 Å². The first-order valence-corrected chi connectivity index (χ1v) is 13.6. The number of nitrogens with zero attached hydrogens (tertiary/aromatic N) is 6. The van der Waals surface area contributed by atoms with Crippen LogP contribution in [0.4, 0.5) is 5.82 Å². The number of hydrogen-bond acceptors (Lipinski definition) is 7. The first-order chi connectivity index (χ1) is 17.0. The van der Waals surface area contributed by atoms with Crippen LogP contribution in [-0.2, 0) is 16.1 Å². The van der Waals surface area contributed by atoms with Gasteiger partial charge in [-0.15, -0.1) is 0 Å². The third-order valence-corrected chi connectivity index (χ3v) is 6.93. The molecular formula is C26H37ClN6O2S. The molecule has 36 heavy (non-hydrogen) atoms. The van der Waals surface area contributed by atoms with E-state index >= 15 is 0 Å². The number of benzene rings is 1. The van der Waals surface area contributed by atoms with E-state index in [1.807, 2.05) is 75.0 Å². The largest absolute Gasteiger partial charge is 0.353 e. The zero-order valence-corrected chi connectivity index (χ0v) is 23.5. The minimum atomic E-state index is -0.391. The van der Waals surface area contributed by atoms with Crippen molar-refractivity contribution in [3.63, 3.8) is 0 Å². The van der Waals surface area contributed by atoms with Gasteiger partial charge in [0.2, 0.25) is 11.8 Å². The Morgan fingerprint density at radius 2 is 1.69 bits per heavy atom. The molecule has 0 spiro atoms. The molecule has 1 aliphatic rings. The van der Waals surface area contributed by atoms with E-state index in [0.717, 1.165) is 17.9 Å². The summed E-state index contributed by atoms with van der Waals surface area (Å²) in [5.74, 6) is 1.15. The lowest BCUT2D eigenvalue weighted by Crippen LogP contribution is -2.51. The maximum absolute atomic E-state index is 13.1. The van der Waals surface area contributed by atoms with Crippen LogP contribution in [-0.4, -0.2) is 95.6 Å². The fourth-order valence-electron chi connectivity index (χ4n) is 3.86. The number of carbonyl (C=O) groups excluding carboxylic acids is 2. The quantitative estimate of drug-likeness (QED) is 0.278. The number of rotatable bonds is 9. The molecular weight excluding hydrogens is 496 g/mol. The number of anilines is 1. The van der Waals surface area contributed by atoms with Gasteiger partial charge in [0, 0.05) is 57.3 Å². The molecule has 0 atom stereocenters. The molecule has 0 aliphatic carbocycles. The maximum atomic E-state index is 13.1. The number of amides is 2. The van der Waals surface area contributed by atoms with Gasteiger partial charge >= 0.3 is 0 Å². The Labute approximate surface area is 224 Å². The molecule has 3 rings (SSSR count). The Kier molecular flexibility index (Phi) is 9.99. The molecule has 1 saturated heterocycles. The van der Waals surface area contributed by atoms with Crippen molar-refractivity contribution in [2.75, 3.05) is 64.0 Å². The molecule has 2 amide bonds. The Bertz CT molecular complexity index is 1020. The number of piperazine rings is 1. The second kappa shape index (κ2) is 12.7. The van der Waals surface area contributed by atoms with Crippen LogP contribution in [0.3, 0.4) is 0 Å². The van der Waals surface area contributed by atoms with Crippen molar-refractivity contribution in [1.29, 1.82) is 0 Å². The smallest absolute Gasteiger partial charge is 0.233 e. The minimum Gasteiger partial charge on any atom is -0.353 e. The van der Waals surface area contributed by atoms with Gasteiger partial charge in [0.05, 0.1) is 5.75 Å². The summed E-state index contributed by atoms with van der Waals surface area (Å²) in [7, 11) is 4.00. The number of likely N-dealkylation sites (N-methyl/N-ethyl adjacent to an activating group) is 1. The standard InChI is InChI=1S/C26H37ClN6O2S/c1-26(2,3)24(35)32-15-13-31(14-16-32)22-17-21(27)28-25(29-22)36-19-23(34)33(12-11-30(4)5)18-20-9-7-6-8-10-20/h6-10,17H,11-16,18-19H2,1-5H3. The van der Waals surface area contributed by atoms with Gasteiger partial charge in [0.1, 0.15) is 11.0 Å². The van der Waals surface area contributed by atoms with Gasteiger partial charge in [-0.05, 0) is 19.7 Å². The summed E-state index contributed by atoms with van der Waals surface area (Å²) in [5.41, 5.74) is 0.706. The van der Waals surface area contributed by atoms with E-state index < -0.39 is 5.41 Å². The Balaban J connectivity index is 1.62. The third-order valence-electron chi connectivity index (χ3n) is 5.90. The molecule has 8 nitrogen and oxygen atoms in total. The van der Waals surface area contributed by atoms with E-state index in [1.54, 1.807) is 6.07 Å².